The monoisotopic (exact) mass is 268 g/mol. The van der Waals surface area contributed by atoms with Crippen molar-refractivity contribution in [1.29, 1.82) is 5.41 Å². The molecule has 0 rings (SSSR count). The second kappa shape index (κ2) is 3.29. The zero-order chi connectivity index (χ0) is 9.28. The molecule has 0 fully saturated rings. The van der Waals surface area contributed by atoms with Gasteiger partial charge in [-0.05, 0) is 13.8 Å². The molecule has 0 saturated carbocycles. The third kappa shape index (κ3) is 5.47. The zero-order valence-electron chi connectivity index (χ0n) is 7.88. The van der Waals surface area contributed by atoms with Crippen molar-refractivity contribution < 1.29 is 0 Å². The Morgan fingerprint density at radius 2 is 1.55 bits per heavy atom. The molecule has 0 aromatic heterocycles. The van der Waals surface area contributed by atoms with Gasteiger partial charge in [0.05, 0.1) is 9.38 Å². The number of alkyl halides is 1. The minimum Gasteiger partial charge on any atom is -0.360 e. The Hall–Kier alpha value is 0.200. The fourth-order valence-electron chi connectivity index (χ4n) is 0.485. The van der Waals surface area contributed by atoms with Crippen molar-refractivity contribution in [3.05, 3.63) is 0 Å². The van der Waals surface area contributed by atoms with E-state index < -0.39 is 0 Å². The summed E-state index contributed by atoms with van der Waals surface area (Å²) in [6.07, 6.45) is 0. The number of halogens is 1. The summed E-state index contributed by atoms with van der Waals surface area (Å²) in [6.45, 7) is 10.2. The van der Waals surface area contributed by atoms with E-state index in [2.05, 4.69) is 27.9 Å². The van der Waals surface area contributed by atoms with Gasteiger partial charge in [-0.25, -0.2) is 0 Å². The van der Waals surface area contributed by atoms with Crippen LogP contribution < -0.4 is 5.32 Å². The number of hydrogen-bond donors (Lipinski definition) is 2. The maximum atomic E-state index is 7.68. The maximum absolute atomic E-state index is 7.68. The van der Waals surface area contributed by atoms with Crippen LogP contribution in [-0.2, 0) is 0 Å². The molecule has 0 heterocycles. The minimum atomic E-state index is -0.0670. The first kappa shape index (κ1) is 11.2. The molecule has 0 radical (unpaired) electrons. The first-order valence-electron chi connectivity index (χ1n) is 3.69. The first-order valence-corrected chi connectivity index (χ1v) is 4.77. The quantitative estimate of drug-likeness (QED) is 0.248. The van der Waals surface area contributed by atoms with E-state index in [9.17, 15) is 0 Å². The lowest BCUT2D eigenvalue weighted by atomic mass is 9.95. The van der Waals surface area contributed by atoms with Crippen LogP contribution in [0.5, 0.6) is 0 Å². The third-order valence-electron chi connectivity index (χ3n) is 1.17. The predicted molar refractivity (Wildman–Crippen MR) is 58.4 cm³/mol. The smallest absolute Gasteiger partial charge is 0.0996 e. The summed E-state index contributed by atoms with van der Waals surface area (Å²) in [5.41, 5.74) is -0.0670. The van der Waals surface area contributed by atoms with Crippen molar-refractivity contribution in [3.63, 3.8) is 0 Å². The van der Waals surface area contributed by atoms with E-state index in [1.165, 1.54) is 0 Å². The number of amidine groups is 1. The second-order valence-electron chi connectivity index (χ2n) is 4.22. The molecule has 0 aliphatic carbocycles. The van der Waals surface area contributed by atoms with Gasteiger partial charge in [0, 0.05) is 5.41 Å². The fourth-order valence-corrected chi connectivity index (χ4v) is 0.754. The van der Waals surface area contributed by atoms with Crippen molar-refractivity contribution >= 4 is 28.4 Å². The fraction of sp³-hybridized carbons (Fsp3) is 0.875. The molecular weight excluding hydrogens is 251 g/mol. The summed E-state index contributed by atoms with van der Waals surface area (Å²) in [4.78, 5) is 0. The van der Waals surface area contributed by atoms with Crippen LogP contribution in [0.3, 0.4) is 0 Å². The van der Waals surface area contributed by atoms with E-state index in [-0.39, 0.29) is 8.96 Å². The standard InChI is InChI=1S/C8H17IN2/c1-7(2,3)6(10)11-8(4,5)9/h1-5H3,(H2,10,11). The Balaban J connectivity index is 4.11. The molecule has 0 spiro atoms. The second-order valence-corrected chi connectivity index (χ2v) is 6.92. The minimum absolute atomic E-state index is 0.0257. The number of nitrogens with one attached hydrogen (secondary N) is 2. The highest BCUT2D eigenvalue weighted by Gasteiger charge is 2.22. The van der Waals surface area contributed by atoms with Crippen molar-refractivity contribution in [2.45, 2.75) is 38.2 Å². The van der Waals surface area contributed by atoms with Crippen LogP contribution in [-0.4, -0.2) is 9.38 Å². The SMILES string of the molecule is CC(C)(I)NC(=N)C(C)(C)C. The molecule has 3 heteroatoms. The average Bonchev–Trinajstić information content (AvgIpc) is 1.56. The van der Waals surface area contributed by atoms with Gasteiger partial charge in [0.15, 0.2) is 0 Å². The van der Waals surface area contributed by atoms with E-state index in [1.807, 2.05) is 34.6 Å². The van der Waals surface area contributed by atoms with Crippen LogP contribution >= 0.6 is 22.6 Å². The lowest BCUT2D eigenvalue weighted by molar-refractivity contribution is 0.537. The third-order valence-corrected chi connectivity index (χ3v) is 1.44. The van der Waals surface area contributed by atoms with Crippen molar-refractivity contribution in [3.8, 4) is 0 Å². The molecular formula is C8H17IN2. The summed E-state index contributed by atoms with van der Waals surface area (Å²) < 4.78 is -0.0257. The lowest BCUT2D eigenvalue weighted by Gasteiger charge is -2.28. The van der Waals surface area contributed by atoms with Crippen LogP contribution in [0.2, 0.25) is 0 Å². The van der Waals surface area contributed by atoms with Gasteiger partial charge in [0.1, 0.15) is 0 Å². The average molecular weight is 268 g/mol. The molecule has 0 unspecified atom stereocenters. The summed E-state index contributed by atoms with van der Waals surface area (Å²) in [5, 5.41) is 10.8. The Morgan fingerprint density at radius 3 is 1.64 bits per heavy atom. The largest absolute Gasteiger partial charge is 0.360 e. The molecule has 0 amide bonds. The Kier molecular flexibility index (Phi) is 3.35. The first-order chi connectivity index (χ1) is 4.63. The molecule has 0 aliphatic rings. The maximum Gasteiger partial charge on any atom is 0.0996 e. The van der Waals surface area contributed by atoms with Crippen molar-refractivity contribution in [2.75, 3.05) is 0 Å². The Morgan fingerprint density at radius 1 is 1.18 bits per heavy atom. The van der Waals surface area contributed by atoms with E-state index >= 15 is 0 Å². The Labute approximate surface area is 82.8 Å². The topological polar surface area (TPSA) is 35.9 Å². The van der Waals surface area contributed by atoms with Gasteiger partial charge < -0.3 is 5.32 Å². The summed E-state index contributed by atoms with van der Waals surface area (Å²) in [5.74, 6) is 0.594. The zero-order valence-corrected chi connectivity index (χ0v) is 10.0. The van der Waals surface area contributed by atoms with Gasteiger partial charge in [-0.3, -0.25) is 5.41 Å². The molecule has 0 aromatic carbocycles. The van der Waals surface area contributed by atoms with Crippen LogP contribution in [0.25, 0.3) is 0 Å². The van der Waals surface area contributed by atoms with Gasteiger partial charge in [-0.1, -0.05) is 43.4 Å². The van der Waals surface area contributed by atoms with Crippen LogP contribution in [0.4, 0.5) is 0 Å². The molecule has 66 valence electrons. The molecule has 11 heavy (non-hydrogen) atoms. The van der Waals surface area contributed by atoms with Gasteiger partial charge in [0.2, 0.25) is 0 Å². The van der Waals surface area contributed by atoms with Gasteiger partial charge in [0.25, 0.3) is 0 Å². The van der Waals surface area contributed by atoms with E-state index in [0.29, 0.717) is 5.84 Å². The highest BCUT2D eigenvalue weighted by molar-refractivity contribution is 14.1. The lowest BCUT2D eigenvalue weighted by Crippen LogP contribution is -2.43. The van der Waals surface area contributed by atoms with Gasteiger partial charge >= 0.3 is 0 Å². The molecule has 0 aliphatic heterocycles. The summed E-state index contributed by atoms with van der Waals surface area (Å²) in [7, 11) is 0. The number of hydrogen-bond acceptors (Lipinski definition) is 1. The number of rotatable bonds is 1. The normalized spacial score (nSPS) is 12.9. The summed E-state index contributed by atoms with van der Waals surface area (Å²) in [6, 6.07) is 0. The van der Waals surface area contributed by atoms with E-state index in [4.69, 9.17) is 5.41 Å². The van der Waals surface area contributed by atoms with E-state index in [0.717, 1.165) is 0 Å². The van der Waals surface area contributed by atoms with Crippen molar-refractivity contribution in [1.82, 2.24) is 5.32 Å². The van der Waals surface area contributed by atoms with Crippen LogP contribution in [0, 0.1) is 10.8 Å². The van der Waals surface area contributed by atoms with Crippen molar-refractivity contribution in [2.24, 2.45) is 5.41 Å². The molecule has 0 aromatic rings. The molecule has 0 atom stereocenters. The van der Waals surface area contributed by atoms with Crippen LogP contribution in [0.1, 0.15) is 34.6 Å². The van der Waals surface area contributed by atoms with Gasteiger partial charge in [-0.15, -0.1) is 0 Å². The molecule has 0 saturated heterocycles. The predicted octanol–water partition coefficient (Wildman–Crippen LogP) is 2.77. The molecule has 2 nitrogen and oxygen atoms in total. The molecule has 0 bridgehead atoms. The molecule has 2 N–H and O–H groups in total. The van der Waals surface area contributed by atoms with Gasteiger partial charge in [-0.2, -0.15) is 0 Å². The highest BCUT2D eigenvalue weighted by Crippen LogP contribution is 2.18. The van der Waals surface area contributed by atoms with E-state index in [1.54, 1.807) is 0 Å². The van der Waals surface area contributed by atoms with Crippen LogP contribution in [0.15, 0.2) is 0 Å². The summed E-state index contributed by atoms with van der Waals surface area (Å²) >= 11 is 2.28. The Bertz CT molecular complexity index is 150. The highest BCUT2D eigenvalue weighted by atomic mass is 127.